The number of hydrogen-bond donors (Lipinski definition) is 0. The van der Waals surface area contributed by atoms with E-state index in [-0.39, 0.29) is 5.69 Å². The van der Waals surface area contributed by atoms with Crippen LogP contribution in [-0.4, -0.2) is 12.8 Å². The molecule has 0 saturated heterocycles. The molecule has 0 saturated carbocycles. The highest BCUT2D eigenvalue weighted by Crippen LogP contribution is 2.17. The van der Waals surface area contributed by atoms with Crippen LogP contribution in [0.5, 0.6) is 0 Å². The maximum absolute atomic E-state index is 12.7. The van der Waals surface area contributed by atoms with Crippen LogP contribution < -0.4 is 0 Å². The first-order valence-electron chi connectivity index (χ1n) is 3.06. The van der Waals surface area contributed by atoms with Crippen LogP contribution in [0.4, 0.5) is 8.78 Å². The van der Waals surface area contributed by atoms with Crippen LogP contribution in [0.15, 0.2) is 12.3 Å². The van der Waals surface area contributed by atoms with Crippen molar-refractivity contribution in [2.45, 2.75) is 5.28 Å². The highest BCUT2D eigenvalue weighted by atomic mass is 35.5. The molecule has 1 nitrogen and oxygen atoms in total. The standard InChI is InChI=1S/C6H5BClF2N/c7-6(8)5-4(10)1-3(9)2-11-5/h1-2,6H,7H2. The van der Waals surface area contributed by atoms with Crippen LogP contribution in [0, 0.1) is 11.6 Å². The predicted octanol–water partition coefficient (Wildman–Crippen LogP) is 1.23. The minimum Gasteiger partial charge on any atom is -0.254 e. The summed E-state index contributed by atoms with van der Waals surface area (Å²) in [5.74, 6) is -1.39. The first-order valence-corrected chi connectivity index (χ1v) is 3.50. The maximum Gasteiger partial charge on any atom is 0.148 e. The number of pyridine rings is 1. The number of rotatable bonds is 1. The molecule has 5 heteroatoms. The highest BCUT2D eigenvalue weighted by molar-refractivity contribution is 6.40. The Morgan fingerprint density at radius 2 is 2.18 bits per heavy atom. The molecule has 0 spiro atoms. The lowest BCUT2D eigenvalue weighted by molar-refractivity contribution is 0.563. The first-order chi connectivity index (χ1) is 5.11. The average Bonchev–Trinajstić information content (AvgIpc) is 1.85. The fourth-order valence-corrected chi connectivity index (χ4v) is 0.878. The molecule has 1 aromatic rings. The molecular weight excluding hydrogens is 170 g/mol. The van der Waals surface area contributed by atoms with Gasteiger partial charge in [0.15, 0.2) is 0 Å². The molecule has 58 valence electrons. The predicted molar refractivity (Wildman–Crippen MR) is 41.3 cm³/mol. The van der Waals surface area contributed by atoms with E-state index >= 15 is 0 Å². The summed E-state index contributed by atoms with van der Waals surface area (Å²) in [6, 6.07) is 0.765. The van der Waals surface area contributed by atoms with E-state index in [1.165, 1.54) is 0 Å². The van der Waals surface area contributed by atoms with E-state index < -0.39 is 16.9 Å². The smallest absolute Gasteiger partial charge is 0.148 e. The zero-order valence-corrected chi connectivity index (χ0v) is 6.57. The lowest BCUT2D eigenvalue weighted by Gasteiger charge is -2.02. The van der Waals surface area contributed by atoms with Crippen molar-refractivity contribution < 1.29 is 8.78 Å². The Balaban J connectivity index is 3.09. The number of halogens is 3. The minimum atomic E-state index is -0.701. The summed E-state index contributed by atoms with van der Waals surface area (Å²) in [6.45, 7) is 0. The fraction of sp³-hybridized carbons (Fsp3) is 0.167. The van der Waals surface area contributed by atoms with Gasteiger partial charge in [-0.25, -0.2) is 8.78 Å². The van der Waals surface area contributed by atoms with Crippen LogP contribution in [0.2, 0.25) is 0 Å². The van der Waals surface area contributed by atoms with Crippen molar-refractivity contribution in [3.05, 3.63) is 29.6 Å². The Hall–Kier alpha value is -0.635. The molecule has 1 rings (SSSR count). The third kappa shape index (κ3) is 1.90. The summed E-state index contributed by atoms with van der Waals surface area (Å²) in [4.78, 5) is 3.50. The quantitative estimate of drug-likeness (QED) is 0.462. The molecule has 0 aliphatic heterocycles. The fourth-order valence-electron chi connectivity index (χ4n) is 0.718. The second-order valence-corrected chi connectivity index (χ2v) is 2.79. The molecule has 0 bridgehead atoms. The Morgan fingerprint density at radius 3 is 2.64 bits per heavy atom. The van der Waals surface area contributed by atoms with Gasteiger partial charge >= 0.3 is 0 Å². The minimum absolute atomic E-state index is 0.0769. The van der Waals surface area contributed by atoms with E-state index in [9.17, 15) is 8.78 Å². The Bertz CT molecular complexity index is 267. The number of hydrogen-bond acceptors (Lipinski definition) is 1. The van der Waals surface area contributed by atoms with Gasteiger partial charge in [-0.2, -0.15) is 0 Å². The molecule has 0 N–H and O–H groups in total. The Morgan fingerprint density at radius 1 is 1.55 bits per heavy atom. The molecule has 1 atom stereocenters. The molecule has 1 unspecified atom stereocenters. The van der Waals surface area contributed by atoms with E-state index in [1.54, 1.807) is 7.85 Å². The van der Waals surface area contributed by atoms with Crippen LogP contribution >= 0.6 is 11.6 Å². The molecule has 1 aromatic heterocycles. The topological polar surface area (TPSA) is 12.9 Å². The summed E-state index contributed by atoms with van der Waals surface area (Å²) in [6.07, 6.45) is 0.942. The van der Waals surface area contributed by atoms with Gasteiger partial charge in [-0.05, 0) is 0 Å². The molecule has 0 aromatic carbocycles. The molecular formula is C6H5BClF2N. The lowest BCUT2D eigenvalue weighted by Crippen LogP contribution is -1.98. The summed E-state index contributed by atoms with van der Waals surface area (Å²) in [7, 11) is 1.57. The first kappa shape index (κ1) is 8.46. The van der Waals surface area contributed by atoms with Gasteiger partial charge in [0.2, 0.25) is 0 Å². The maximum atomic E-state index is 12.7. The van der Waals surface area contributed by atoms with Crippen molar-refractivity contribution in [2.24, 2.45) is 0 Å². The average molecular weight is 175 g/mol. The van der Waals surface area contributed by atoms with Gasteiger partial charge < -0.3 is 0 Å². The second kappa shape index (κ2) is 3.18. The van der Waals surface area contributed by atoms with Crippen LogP contribution in [0.25, 0.3) is 0 Å². The Kier molecular flexibility index (Phi) is 2.44. The number of alkyl halides is 1. The molecule has 1 heterocycles. The molecule has 0 amide bonds. The van der Waals surface area contributed by atoms with Gasteiger partial charge in [0, 0.05) is 11.3 Å². The summed E-state index contributed by atoms with van der Waals surface area (Å²) >= 11 is 5.54. The molecule has 0 aliphatic carbocycles. The Labute approximate surface area is 68.8 Å². The SMILES string of the molecule is BC(Cl)c1ncc(F)cc1F. The lowest BCUT2D eigenvalue weighted by atomic mass is 10.0. The zero-order valence-electron chi connectivity index (χ0n) is 5.81. The van der Waals surface area contributed by atoms with Crippen molar-refractivity contribution in [3.63, 3.8) is 0 Å². The van der Waals surface area contributed by atoms with Gasteiger partial charge in [0.25, 0.3) is 0 Å². The van der Waals surface area contributed by atoms with E-state index in [0.717, 1.165) is 12.3 Å². The van der Waals surface area contributed by atoms with Gasteiger partial charge in [0.1, 0.15) is 19.5 Å². The third-order valence-electron chi connectivity index (χ3n) is 1.21. The van der Waals surface area contributed by atoms with E-state index in [1.807, 2.05) is 0 Å². The van der Waals surface area contributed by atoms with E-state index in [2.05, 4.69) is 4.98 Å². The molecule has 0 fully saturated rings. The van der Waals surface area contributed by atoms with Gasteiger partial charge in [0.05, 0.1) is 11.9 Å². The summed E-state index contributed by atoms with van der Waals surface area (Å²) < 4.78 is 25.0. The van der Waals surface area contributed by atoms with E-state index in [0.29, 0.717) is 0 Å². The largest absolute Gasteiger partial charge is 0.254 e. The number of aromatic nitrogens is 1. The summed E-state index contributed by atoms with van der Waals surface area (Å²) in [5, 5.41) is -0.532. The normalized spacial score (nSPS) is 13.0. The monoisotopic (exact) mass is 175 g/mol. The van der Waals surface area contributed by atoms with E-state index in [4.69, 9.17) is 11.6 Å². The highest BCUT2D eigenvalue weighted by Gasteiger charge is 2.09. The van der Waals surface area contributed by atoms with Crippen molar-refractivity contribution in [3.8, 4) is 0 Å². The van der Waals surface area contributed by atoms with Crippen molar-refractivity contribution in [1.82, 2.24) is 4.98 Å². The van der Waals surface area contributed by atoms with Crippen LogP contribution in [0.3, 0.4) is 0 Å². The van der Waals surface area contributed by atoms with Crippen molar-refractivity contribution in [1.29, 1.82) is 0 Å². The number of nitrogens with zero attached hydrogens (tertiary/aromatic N) is 1. The van der Waals surface area contributed by atoms with Crippen LogP contribution in [0.1, 0.15) is 11.0 Å². The molecule has 0 aliphatic rings. The van der Waals surface area contributed by atoms with Crippen molar-refractivity contribution in [2.75, 3.05) is 0 Å². The second-order valence-electron chi connectivity index (χ2n) is 2.14. The molecule has 0 radical (unpaired) electrons. The molecule has 11 heavy (non-hydrogen) atoms. The van der Waals surface area contributed by atoms with Crippen LogP contribution in [-0.2, 0) is 0 Å². The van der Waals surface area contributed by atoms with Gasteiger partial charge in [-0.1, -0.05) is 0 Å². The van der Waals surface area contributed by atoms with Gasteiger partial charge in [-0.15, -0.1) is 11.6 Å². The zero-order chi connectivity index (χ0) is 8.43. The third-order valence-corrected chi connectivity index (χ3v) is 1.42. The summed E-state index contributed by atoms with van der Waals surface area (Å²) in [5.41, 5.74) is 0.0769. The van der Waals surface area contributed by atoms with Crippen molar-refractivity contribution >= 4 is 19.4 Å². The van der Waals surface area contributed by atoms with Gasteiger partial charge in [-0.3, -0.25) is 4.98 Å².